The van der Waals surface area contributed by atoms with Crippen molar-refractivity contribution in [2.45, 2.75) is 31.5 Å². The van der Waals surface area contributed by atoms with Gasteiger partial charge in [-0.25, -0.2) is 0 Å². The van der Waals surface area contributed by atoms with Crippen LogP contribution < -0.4 is 17.0 Å². The third-order valence-corrected chi connectivity index (χ3v) is 10.2. The molecule has 45 heavy (non-hydrogen) atoms. The zero-order valence-corrected chi connectivity index (χ0v) is 27.4. The highest BCUT2D eigenvalue weighted by Crippen LogP contribution is 2.50. The first-order valence-corrected chi connectivity index (χ1v) is 16.0. The van der Waals surface area contributed by atoms with Crippen molar-refractivity contribution in [3.8, 4) is 22.3 Å². The maximum absolute atomic E-state index is 6.83. The molecule has 3 aliphatic rings. The number of fused-ring (bicyclic) bond motifs is 4. The molecule has 0 aliphatic carbocycles. The molecule has 4 aromatic carbocycles. The van der Waals surface area contributed by atoms with Crippen LogP contribution in [0.5, 0.6) is 0 Å². The second-order valence-corrected chi connectivity index (χ2v) is 12.6. The number of aromatic nitrogens is 1. The lowest BCUT2D eigenvalue weighted by Crippen LogP contribution is -3.00. The highest BCUT2D eigenvalue weighted by Gasteiger charge is 2.54. The van der Waals surface area contributed by atoms with Gasteiger partial charge in [-0.05, 0) is 51.9 Å². The zero-order chi connectivity index (χ0) is 29.9. The molecule has 0 radical (unpaired) electrons. The van der Waals surface area contributed by atoms with Gasteiger partial charge < -0.3 is 26.2 Å². The van der Waals surface area contributed by atoms with Gasteiger partial charge in [0, 0.05) is 35.9 Å². The molecule has 0 spiro atoms. The van der Waals surface area contributed by atoms with Gasteiger partial charge in [-0.1, -0.05) is 103 Å². The van der Waals surface area contributed by atoms with Crippen molar-refractivity contribution in [2.75, 3.05) is 19.7 Å². The van der Waals surface area contributed by atoms with E-state index in [2.05, 4.69) is 128 Å². The Morgan fingerprint density at radius 3 is 2.33 bits per heavy atom. The lowest BCUT2D eigenvalue weighted by atomic mass is 9.70. The van der Waals surface area contributed by atoms with Gasteiger partial charge in [-0.15, -0.1) is 13.2 Å². The average molecular weight is 658 g/mol. The predicted octanol–water partition coefficient (Wildman–Crippen LogP) is 6.43. The van der Waals surface area contributed by atoms with E-state index in [1.807, 2.05) is 12.3 Å². The number of pyridine rings is 1. The Hall–Kier alpha value is -3.83. The normalized spacial score (nSPS) is 22.8. The number of ether oxygens (including phenoxy) is 1. The molecule has 4 heteroatoms. The second kappa shape index (κ2) is 13.7. The molecular formula is C41H41BrN2O. The maximum atomic E-state index is 6.83. The van der Waals surface area contributed by atoms with Gasteiger partial charge in [0.15, 0.2) is 0 Å². The van der Waals surface area contributed by atoms with Crippen LogP contribution in [0.3, 0.4) is 0 Å². The van der Waals surface area contributed by atoms with Crippen molar-refractivity contribution in [3.63, 3.8) is 0 Å². The number of benzene rings is 4. The van der Waals surface area contributed by atoms with E-state index in [0.29, 0.717) is 24.5 Å². The molecule has 1 unspecified atom stereocenters. The standard InChI is InChI=1S/C41H41N2O.BrH/c1-3-25-44-41(38-21-23-42-39-18-12-11-17-37(38)39)40-27-34-22-24-43(40,28-30(34)4-2)29-35-26-33(31-13-7-5-8-14-31)19-20-36(35)32-15-9-6-10-16-32;/h3-21,23,26,30,34,40-41H,1-2,22,24-25,27-29H2;1H/q+1;/p-1/t30-,34-,40-,41+,43?;/m0./s1. The molecule has 3 saturated heterocycles. The number of nitrogens with zero attached hydrogens (tertiary/aromatic N) is 2. The molecular weight excluding hydrogens is 616 g/mol. The fraction of sp³-hybridized carbons (Fsp3) is 0.244. The molecule has 5 aromatic rings. The van der Waals surface area contributed by atoms with Gasteiger partial charge in [-0.3, -0.25) is 4.98 Å². The summed E-state index contributed by atoms with van der Waals surface area (Å²) >= 11 is 0. The Morgan fingerprint density at radius 2 is 1.58 bits per heavy atom. The van der Waals surface area contributed by atoms with E-state index in [0.717, 1.165) is 36.1 Å². The molecule has 228 valence electrons. The Bertz CT molecular complexity index is 1770. The zero-order valence-electron chi connectivity index (χ0n) is 25.8. The second-order valence-electron chi connectivity index (χ2n) is 12.6. The molecule has 8 rings (SSSR count). The molecule has 3 fully saturated rings. The monoisotopic (exact) mass is 656 g/mol. The summed E-state index contributed by atoms with van der Waals surface area (Å²) in [6.45, 7) is 12.0. The molecule has 2 bridgehead atoms. The van der Waals surface area contributed by atoms with Crippen LogP contribution in [0.15, 0.2) is 141 Å². The van der Waals surface area contributed by atoms with Crippen molar-refractivity contribution >= 4 is 10.9 Å². The summed E-state index contributed by atoms with van der Waals surface area (Å²) in [6, 6.07) is 39.7. The van der Waals surface area contributed by atoms with Crippen molar-refractivity contribution in [1.82, 2.24) is 4.98 Å². The van der Waals surface area contributed by atoms with E-state index in [1.54, 1.807) is 0 Å². The highest BCUT2D eigenvalue weighted by atomic mass is 79.9. The fourth-order valence-corrected chi connectivity index (χ4v) is 8.08. The average Bonchev–Trinajstić information content (AvgIpc) is 3.09. The van der Waals surface area contributed by atoms with E-state index >= 15 is 0 Å². The summed E-state index contributed by atoms with van der Waals surface area (Å²) in [7, 11) is 0. The largest absolute Gasteiger partial charge is 1.00 e. The van der Waals surface area contributed by atoms with Gasteiger partial charge >= 0.3 is 0 Å². The maximum Gasteiger partial charge on any atom is 0.135 e. The minimum atomic E-state index is -0.0630. The van der Waals surface area contributed by atoms with Crippen LogP contribution in [0.4, 0.5) is 0 Å². The Balaban J connectivity index is 0.00000357. The molecule has 4 heterocycles. The molecule has 0 N–H and O–H groups in total. The SMILES string of the molecule is C=CCO[C@H](c1ccnc2ccccc12)[C@@H]1C[C@@H]2CC[N+]1(Cc1cc(-c3ccccc3)ccc1-c1ccccc1)C[C@@H]2C=C.[Br-]. The molecule has 0 amide bonds. The number of rotatable bonds is 10. The lowest BCUT2D eigenvalue weighted by Gasteiger charge is -2.58. The summed E-state index contributed by atoms with van der Waals surface area (Å²) in [5, 5.41) is 1.18. The van der Waals surface area contributed by atoms with Crippen molar-refractivity contribution < 1.29 is 26.2 Å². The Kier molecular flexibility index (Phi) is 9.46. The van der Waals surface area contributed by atoms with E-state index in [-0.39, 0.29) is 23.1 Å². The Labute approximate surface area is 278 Å². The van der Waals surface area contributed by atoms with Crippen LogP contribution in [-0.2, 0) is 11.3 Å². The van der Waals surface area contributed by atoms with Crippen LogP contribution >= 0.6 is 0 Å². The van der Waals surface area contributed by atoms with Crippen LogP contribution in [0.2, 0.25) is 0 Å². The first-order valence-electron chi connectivity index (χ1n) is 16.0. The fourth-order valence-electron chi connectivity index (χ4n) is 8.08. The van der Waals surface area contributed by atoms with Crippen molar-refractivity contribution in [2.24, 2.45) is 11.8 Å². The molecule has 5 atom stereocenters. The highest BCUT2D eigenvalue weighted by molar-refractivity contribution is 5.82. The van der Waals surface area contributed by atoms with Crippen LogP contribution in [0.1, 0.15) is 30.1 Å². The summed E-state index contributed by atoms with van der Waals surface area (Å²) in [6.07, 6.45) is 8.35. The molecule has 0 saturated carbocycles. The number of halogens is 1. The first kappa shape index (κ1) is 31.2. The number of hydrogen-bond donors (Lipinski definition) is 0. The number of piperidine rings is 3. The minimum absolute atomic E-state index is 0. The quantitative estimate of drug-likeness (QED) is 0.128. The number of para-hydroxylation sites is 1. The summed E-state index contributed by atoms with van der Waals surface area (Å²) in [4.78, 5) is 4.70. The van der Waals surface area contributed by atoms with Gasteiger partial charge in [0.2, 0.25) is 0 Å². The molecule has 1 aromatic heterocycles. The van der Waals surface area contributed by atoms with Crippen LogP contribution in [-0.4, -0.2) is 35.2 Å². The molecule has 3 nitrogen and oxygen atoms in total. The smallest absolute Gasteiger partial charge is 0.135 e. The van der Waals surface area contributed by atoms with Crippen LogP contribution in [0, 0.1) is 11.8 Å². The van der Waals surface area contributed by atoms with Crippen molar-refractivity contribution in [3.05, 3.63) is 152 Å². The van der Waals surface area contributed by atoms with Crippen molar-refractivity contribution in [1.29, 1.82) is 0 Å². The molecule has 3 aliphatic heterocycles. The minimum Gasteiger partial charge on any atom is -1.00 e. The topological polar surface area (TPSA) is 22.1 Å². The Morgan fingerprint density at radius 1 is 0.844 bits per heavy atom. The van der Waals surface area contributed by atoms with E-state index in [4.69, 9.17) is 9.72 Å². The van der Waals surface area contributed by atoms with Gasteiger partial charge in [0.25, 0.3) is 0 Å². The van der Waals surface area contributed by atoms with Gasteiger partial charge in [-0.2, -0.15) is 0 Å². The van der Waals surface area contributed by atoms with Gasteiger partial charge in [0.1, 0.15) is 18.7 Å². The van der Waals surface area contributed by atoms with E-state index in [1.165, 1.54) is 45.2 Å². The van der Waals surface area contributed by atoms with E-state index in [9.17, 15) is 0 Å². The summed E-state index contributed by atoms with van der Waals surface area (Å²) in [5.74, 6) is 1.14. The predicted molar refractivity (Wildman–Crippen MR) is 182 cm³/mol. The number of quaternary nitrogens is 1. The lowest BCUT2D eigenvalue weighted by molar-refractivity contribution is -0.985. The summed E-state index contributed by atoms with van der Waals surface area (Å²) in [5.41, 5.74) is 8.76. The van der Waals surface area contributed by atoms with E-state index < -0.39 is 0 Å². The third-order valence-electron chi connectivity index (χ3n) is 10.2. The van der Waals surface area contributed by atoms with Crippen LogP contribution in [0.25, 0.3) is 33.2 Å². The van der Waals surface area contributed by atoms with Gasteiger partial charge in [0.05, 0.1) is 25.2 Å². The summed E-state index contributed by atoms with van der Waals surface area (Å²) < 4.78 is 7.82. The number of hydrogen-bond acceptors (Lipinski definition) is 2. The third kappa shape index (κ3) is 6.07. The first-order chi connectivity index (χ1) is 21.7.